The molecular formula is C16H20BrNO3. The van der Waals surface area contributed by atoms with Crippen molar-refractivity contribution in [2.75, 3.05) is 0 Å². The first-order valence-electron chi connectivity index (χ1n) is 6.64. The third-order valence-electron chi connectivity index (χ3n) is 2.42. The highest BCUT2D eigenvalue weighted by Crippen LogP contribution is 2.12. The highest BCUT2D eigenvalue weighted by molar-refractivity contribution is 9.10. The molecule has 0 unspecified atom stereocenters. The quantitative estimate of drug-likeness (QED) is 0.667. The molecule has 0 aliphatic rings. The Bertz CT molecular complexity index is 547. The number of carbonyl (C=O) groups excluding carboxylic acids is 2. The van der Waals surface area contributed by atoms with Crippen LogP contribution >= 0.6 is 15.9 Å². The molecule has 0 heterocycles. The summed E-state index contributed by atoms with van der Waals surface area (Å²) in [5, 5.41) is 2.76. The Labute approximate surface area is 133 Å². The Morgan fingerprint density at radius 2 is 2.00 bits per heavy atom. The van der Waals surface area contributed by atoms with Gasteiger partial charge < -0.3 is 10.1 Å². The molecule has 1 N–H and O–H groups in total. The molecule has 0 saturated heterocycles. The molecule has 1 aromatic rings. The Morgan fingerprint density at radius 3 is 2.57 bits per heavy atom. The summed E-state index contributed by atoms with van der Waals surface area (Å²) in [7, 11) is 0. The molecule has 1 rings (SSSR count). The lowest BCUT2D eigenvalue weighted by Crippen LogP contribution is -2.46. The fourth-order valence-corrected chi connectivity index (χ4v) is 1.93. The first kappa shape index (κ1) is 17.4. The van der Waals surface area contributed by atoms with E-state index in [0.717, 1.165) is 10.0 Å². The number of hydrogen-bond donors (Lipinski definition) is 1. The van der Waals surface area contributed by atoms with E-state index in [4.69, 9.17) is 4.74 Å². The maximum Gasteiger partial charge on any atom is 0.331 e. The minimum absolute atomic E-state index is 0.313. The fourth-order valence-electron chi connectivity index (χ4n) is 1.51. The van der Waals surface area contributed by atoms with Gasteiger partial charge in [-0.1, -0.05) is 28.1 Å². The van der Waals surface area contributed by atoms with E-state index in [2.05, 4.69) is 21.2 Å². The van der Waals surface area contributed by atoms with E-state index >= 15 is 0 Å². The van der Waals surface area contributed by atoms with Crippen LogP contribution in [0.4, 0.5) is 0 Å². The van der Waals surface area contributed by atoms with Gasteiger partial charge >= 0.3 is 5.97 Å². The van der Waals surface area contributed by atoms with Crippen molar-refractivity contribution >= 4 is 33.9 Å². The average molecular weight is 354 g/mol. The van der Waals surface area contributed by atoms with E-state index in [1.807, 2.05) is 45.0 Å². The number of hydrogen-bond acceptors (Lipinski definition) is 3. The lowest BCUT2D eigenvalue weighted by atomic mass is 10.1. The van der Waals surface area contributed by atoms with Crippen molar-refractivity contribution in [3.05, 3.63) is 40.4 Å². The van der Waals surface area contributed by atoms with Crippen molar-refractivity contribution in [1.82, 2.24) is 5.32 Å². The molecule has 114 valence electrons. The molecule has 1 amide bonds. The largest absolute Gasteiger partial charge is 0.449 e. The van der Waals surface area contributed by atoms with Crippen molar-refractivity contribution in [1.29, 1.82) is 0 Å². The summed E-state index contributed by atoms with van der Waals surface area (Å²) in [5.41, 5.74) is 0.511. The van der Waals surface area contributed by atoms with Crippen LogP contribution in [0.25, 0.3) is 6.08 Å². The lowest BCUT2D eigenvalue weighted by Gasteiger charge is -2.22. The van der Waals surface area contributed by atoms with Gasteiger partial charge in [0.15, 0.2) is 6.10 Å². The van der Waals surface area contributed by atoms with Crippen LogP contribution < -0.4 is 5.32 Å². The van der Waals surface area contributed by atoms with Gasteiger partial charge in [-0.3, -0.25) is 4.79 Å². The second-order valence-corrected chi connectivity index (χ2v) is 6.62. The molecule has 0 aliphatic heterocycles. The van der Waals surface area contributed by atoms with Gasteiger partial charge in [-0.25, -0.2) is 4.79 Å². The minimum atomic E-state index is -0.830. The van der Waals surface area contributed by atoms with Crippen LogP contribution in [0.2, 0.25) is 0 Å². The van der Waals surface area contributed by atoms with Gasteiger partial charge in [-0.2, -0.15) is 0 Å². The molecule has 0 spiro atoms. The summed E-state index contributed by atoms with van der Waals surface area (Å²) in [6.45, 7) is 7.15. The molecule has 0 aromatic heterocycles. The average Bonchev–Trinajstić information content (AvgIpc) is 2.34. The maximum absolute atomic E-state index is 11.8. The SMILES string of the molecule is C[C@@H](OC(=O)/C=C/c1cccc(Br)c1)C(=O)NC(C)(C)C. The van der Waals surface area contributed by atoms with Gasteiger partial charge in [-0.05, 0) is 51.5 Å². The zero-order valence-electron chi connectivity index (χ0n) is 12.6. The number of benzene rings is 1. The maximum atomic E-state index is 11.8. The molecule has 1 aromatic carbocycles. The Kier molecular flexibility index (Phi) is 6.15. The van der Waals surface area contributed by atoms with Gasteiger partial charge in [0.1, 0.15) is 0 Å². The second-order valence-electron chi connectivity index (χ2n) is 5.71. The molecular weight excluding hydrogens is 334 g/mol. The normalized spacial score (nSPS) is 13.0. The molecule has 0 aliphatic carbocycles. The zero-order chi connectivity index (χ0) is 16.0. The van der Waals surface area contributed by atoms with Crippen molar-refractivity contribution in [3.63, 3.8) is 0 Å². The molecule has 5 heteroatoms. The number of esters is 1. The lowest BCUT2D eigenvalue weighted by molar-refractivity contribution is -0.150. The minimum Gasteiger partial charge on any atom is -0.449 e. The summed E-state index contributed by atoms with van der Waals surface area (Å²) >= 11 is 3.35. The van der Waals surface area contributed by atoms with Crippen molar-refractivity contribution in [2.24, 2.45) is 0 Å². The first-order chi connectivity index (χ1) is 9.67. The Hall–Kier alpha value is -1.62. The molecule has 4 nitrogen and oxygen atoms in total. The molecule has 0 saturated carbocycles. The van der Waals surface area contributed by atoms with Crippen molar-refractivity contribution in [3.8, 4) is 0 Å². The summed E-state index contributed by atoms with van der Waals surface area (Å²) in [6, 6.07) is 7.51. The highest BCUT2D eigenvalue weighted by atomic mass is 79.9. The predicted octanol–water partition coefficient (Wildman–Crippen LogP) is 3.31. The van der Waals surface area contributed by atoms with Crippen LogP contribution in [-0.2, 0) is 14.3 Å². The zero-order valence-corrected chi connectivity index (χ0v) is 14.2. The van der Waals surface area contributed by atoms with Crippen LogP contribution in [-0.4, -0.2) is 23.5 Å². The summed E-state index contributed by atoms with van der Waals surface area (Å²) in [4.78, 5) is 23.5. The van der Waals surface area contributed by atoms with E-state index in [1.54, 1.807) is 13.0 Å². The molecule has 0 fully saturated rings. The fraction of sp³-hybridized carbons (Fsp3) is 0.375. The smallest absolute Gasteiger partial charge is 0.331 e. The van der Waals surface area contributed by atoms with Gasteiger partial charge in [0.05, 0.1) is 0 Å². The number of ether oxygens (including phenoxy) is 1. The number of nitrogens with one attached hydrogen (secondary N) is 1. The second kappa shape index (κ2) is 7.41. The topological polar surface area (TPSA) is 55.4 Å². The van der Waals surface area contributed by atoms with E-state index in [9.17, 15) is 9.59 Å². The van der Waals surface area contributed by atoms with Crippen molar-refractivity contribution < 1.29 is 14.3 Å². The van der Waals surface area contributed by atoms with Gasteiger partial charge in [0.2, 0.25) is 0 Å². The first-order valence-corrected chi connectivity index (χ1v) is 7.43. The van der Waals surface area contributed by atoms with Gasteiger partial charge in [-0.15, -0.1) is 0 Å². The molecule has 0 bridgehead atoms. The Balaban J connectivity index is 2.55. The number of carbonyl (C=O) groups is 2. The summed E-state index contributed by atoms with van der Waals surface area (Å²) in [5.74, 6) is -0.863. The summed E-state index contributed by atoms with van der Waals surface area (Å²) < 4.78 is 5.99. The third-order valence-corrected chi connectivity index (χ3v) is 2.91. The highest BCUT2D eigenvalue weighted by Gasteiger charge is 2.21. The third kappa shape index (κ3) is 7.09. The molecule has 0 radical (unpaired) electrons. The number of amides is 1. The van der Waals surface area contributed by atoms with E-state index in [-0.39, 0.29) is 11.4 Å². The monoisotopic (exact) mass is 353 g/mol. The standard InChI is InChI=1S/C16H20BrNO3/c1-11(15(20)18-16(2,3)4)21-14(19)9-8-12-6-5-7-13(17)10-12/h5-11H,1-4H3,(H,18,20)/b9-8+/t11-/m1/s1. The van der Waals surface area contributed by atoms with Crippen LogP contribution in [0.5, 0.6) is 0 Å². The van der Waals surface area contributed by atoms with Crippen molar-refractivity contribution in [2.45, 2.75) is 39.3 Å². The number of halogens is 1. The van der Waals surface area contributed by atoms with E-state index < -0.39 is 12.1 Å². The van der Waals surface area contributed by atoms with Gasteiger partial charge in [0, 0.05) is 16.1 Å². The van der Waals surface area contributed by atoms with Gasteiger partial charge in [0.25, 0.3) is 5.91 Å². The molecule has 1 atom stereocenters. The number of rotatable bonds is 4. The predicted molar refractivity (Wildman–Crippen MR) is 86.6 cm³/mol. The Morgan fingerprint density at radius 1 is 1.33 bits per heavy atom. The van der Waals surface area contributed by atoms with Crippen LogP contribution in [0.1, 0.15) is 33.3 Å². The van der Waals surface area contributed by atoms with E-state index in [0.29, 0.717) is 0 Å². The molecule has 21 heavy (non-hydrogen) atoms. The van der Waals surface area contributed by atoms with Crippen LogP contribution in [0.3, 0.4) is 0 Å². The van der Waals surface area contributed by atoms with Crippen LogP contribution in [0, 0.1) is 0 Å². The van der Waals surface area contributed by atoms with E-state index in [1.165, 1.54) is 6.08 Å². The summed E-state index contributed by atoms with van der Waals surface area (Å²) in [6.07, 6.45) is 2.12. The van der Waals surface area contributed by atoms with Crippen LogP contribution in [0.15, 0.2) is 34.8 Å².